The molecule has 0 heterocycles. The maximum atomic E-state index is 12.5. The van der Waals surface area contributed by atoms with Crippen LogP contribution in [-0.2, 0) is 9.59 Å². The first-order valence-corrected chi connectivity index (χ1v) is 9.74. The molecule has 0 aromatic heterocycles. The van der Waals surface area contributed by atoms with Crippen molar-refractivity contribution in [1.82, 2.24) is 5.32 Å². The summed E-state index contributed by atoms with van der Waals surface area (Å²) in [6.45, 7) is 1.08. The van der Waals surface area contributed by atoms with Crippen LogP contribution in [0.2, 0.25) is 0 Å². The van der Waals surface area contributed by atoms with Gasteiger partial charge in [0.2, 0.25) is 5.91 Å². The third-order valence-corrected chi connectivity index (χ3v) is 4.21. The van der Waals surface area contributed by atoms with E-state index in [1.807, 2.05) is 0 Å². The van der Waals surface area contributed by atoms with E-state index in [0.717, 1.165) is 0 Å². The van der Waals surface area contributed by atoms with E-state index < -0.39 is 17.8 Å². The molecule has 3 N–H and O–H groups in total. The number of nitrogens with one attached hydrogen (secondary N) is 3. The quantitative estimate of drug-likeness (QED) is 0.393. The lowest BCUT2D eigenvalue weighted by Gasteiger charge is -2.10. The lowest BCUT2D eigenvalue weighted by atomic mass is 10.2. The van der Waals surface area contributed by atoms with E-state index in [0.29, 0.717) is 22.5 Å². The Hall–Kier alpha value is -4.46. The summed E-state index contributed by atoms with van der Waals surface area (Å²) in [6.07, 6.45) is 0. The maximum absolute atomic E-state index is 12.5. The Morgan fingerprint density at radius 1 is 0.719 bits per heavy atom. The molecular weight excluding hydrogens is 410 g/mol. The molecule has 0 spiro atoms. The van der Waals surface area contributed by atoms with Crippen LogP contribution in [0.5, 0.6) is 5.75 Å². The van der Waals surface area contributed by atoms with Gasteiger partial charge in [-0.15, -0.1) is 0 Å². The maximum Gasteiger partial charge on any atom is 0.308 e. The van der Waals surface area contributed by atoms with Gasteiger partial charge in [-0.3, -0.25) is 19.2 Å². The molecule has 0 aliphatic heterocycles. The summed E-state index contributed by atoms with van der Waals surface area (Å²) in [7, 11) is 0. The molecule has 0 saturated heterocycles. The topological polar surface area (TPSA) is 114 Å². The zero-order valence-corrected chi connectivity index (χ0v) is 17.3. The number of ether oxygens (including phenoxy) is 1. The third kappa shape index (κ3) is 6.53. The van der Waals surface area contributed by atoms with Crippen LogP contribution in [0.3, 0.4) is 0 Å². The summed E-state index contributed by atoms with van der Waals surface area (Å²) < 4.78 is 4.99. The molecule has 0 unspecified atom stereocenters. The number of esters is 1. The van der Waals surface area contributed by atoms with E-state index >= 15 is 0 Å². The van der Waals surface area contributed by atoms with Crippen molar-refractivity contribution in [3.8, 4) is 5.75 Å². The van der Waals surface area contributed by atoms with Gasteiger partial charge in [-0.25, -0.2) is 0 Å². The number of rotatable bonds is 7. The standard InChI is InChI=1S/C24H21N3O5/c1-16(28)32-21-12-5-9-18(13-21)24(31)27-20-11-6-10-19(14-20)26-22(29)15-25-23(30)17-7-3-2-4-8-17/h2-14H,15H2,1H3,(H,25,30)(H,26,29)(H,27,31). The van der Waals surface area contributed by atoms with Gasteiger partial charge in [0, 0.05) is 29.4 Å². The van der Waals surface area contributed by atoms with Crippen LogP contribution in [-0.4, -0.2) is 30.2 Å². The van der Waals surface area contributed by atoms with Gasteiger partial charge in [-0.1, -0.05) is 30.3 Å². The van der Waals surface area contributed by atoms with Gasteiger partial charge >= 0.3 is 5.97 Å². The highest BCUT2D eigenvalue weighted by Gasteiger charge is 2.11. The summed E-state index contributed by atoms with van der Waals surface area (Å²) in [5.41, 5.74) is 1.68. The molecule has 0 bridgehead atoms. The molecule has 3 rings (SSSR count). The number of hydrogen-bond acceptors (Lipinski definition) is 5. The van der Waals surface area contributed by atoms with Crippen LogP contribution in [0.4, 0.5) is 11.4 Å². The molecule has 3 amide bonds. The van der Waals surface area contributed by atoms with E-state index in [1.54, 1.807) is 72.8 Å². The molecule has 0 atom stereocenters. The molecule has 0 fully saturated rings. The molecule has 8 heteroatoms. The van der Waals surface area contributed by atoms with Crippen molar-refractivity contribution in [2.45, 2.75) is 6.92 Å². The van der Waals surface area contributed by atoms with E-state index in [9.17, 15) is 19.2 Å². The minimum Gasteiger partial charge on any atom is -0.427 e. The van der Waals surface area contributed by atoms with Gasteiger partial charge in [0.25, 0.3) is 11.8 Å². The zero-order chi connectivity index (χ0) is 22.9. The van der Waals surface area contributed by atoms with E-state index in [1.165, 1.54) is 13.0 Å². The van der Waals surface area contributed by atoms with Crippen LogP contribution in [0, 0.1) is 0 Å². The first-order valence-electron chi connectivity index (χ1n) is 9.74. The van der Waals surface area contributed by atoms with Crippen LogP contribution < -0.4 is 20.7 Å². The summed E-state index contributed by atoms with van der Waals surface area (Å²) in [5.74, 6) is -1.38. The lowest BCUT2D eigenvalue weighted by Crippen LogP contribution is -2.32. The van der Waals surface area contributed by atoms with Gasteiger partial charge in [0.15, 0.2) is 0 Å². The van der Waals surface area contributed by atoms with Gasteiger partial charge in [-0.05, 0) is 48.5 Å². The smallest absolute Gasteiger partial charge is 0.308 e. The van der Waals surface area contributed by atoms with Crippen molar-refractivity contribution < 1.29 is 23.9 Å². The fraction of sp³-hybridized carbons (Fsp3) is 0.0833. The van der Waals surface area contributed by atoms with Gasteiger partial charge in [0.05, 0.1) is 6.54 Å². The normalized spacial score (nSPS) is 10.0. The molecule has 0 aliphatic carbocycles. The number of anilines is 2. The van der Waals surface area contributed by atoms with Crippen molar-refractivity contribution in [1.29, 1.82) is 0 Å². The predicted molar refractivity (Wildman–Crippen MR) is 120 cm³/mol. The van der Waals surface area contributed by atoms with Crippen LogP contribution in [0.25, 0.3) is 0 Å². The first kappa shape index (κ1) is 22.2. The monoisotopic (exact) mass is 431 g/mol. The van der Waals surface area contributed by atoms with Crippen molar-refractivity contribution in [2.24, 2.45) is 0 Å². The van der Waals surface area contributed by atoms with Crippen LogP contribution >= 0.6 is 0 Å². The Morgan fingerprint density at radius 2 is 1.38 bits per heavy atom. The first-order chi connectivity index (χ1) is 15.4. The molecule has 32 heavy (non-hydrogen) atoms. The molecule has 162 valence electrons. The number of benzene rings is 3. The Balaban J connectivity index is 1.57. The van der Waals surface area contributed by atoms with Crippen molar-refractivity contribution >= 4 is 35.1 Å². The van der Waals surface area contributed by atoms with Crippen molar-refractivity contribution in [3.05, 3.63) is 90.0 Å². The highest BCUT2D eigenvalue weighted by atomic mass is 16.5. The summed E-state index contributed by atoms with van der Waals surface area (Å²) >= 11 is 0. The average Bonchev–Trinajstić information content (AvgIpc) is 2.78. The van der Waals surface area contributed by atoms with Gasteiger partial charge in [-0.2, -0.15) is 0 Å². The van der Waals surface area contributed by atoms with E-state index in [4.69, 9.17) is 4.74 Å². The van der Waals surface area contributed by atoms with Crippen LogP contribution in [0.15, 0.2) is 78.9 Å². The molecular formula is C24H21N3O5. The predicted octanol–water partition coefficient (Wildman–Crippen LogP) is 3.23. The number of hydrogen-bond donors (Lipinski definition) is 3. The van der Waals surface area contributed by atoms with Crippen molar-refractivity contribution in [3.63, 3.8) is 0 Å². The Morgan fingerprint density at radius 3 is 2.09 bits per heavy atom. The Kier molecular flexibility index (Phi) is 7.32. The largest absolute Gasteiger partial charge is 0.427 e. The molecule has 3 aromatic rings. The molecule has 0 radical (unpaired) electrons. The van der Waals surface area contributed by atoms with Gasteiger partial charge < -0.3 is 20.7 Å². The second-order valence-electron chi connectivity index (χ2n) is 6.75. The fourth-order valence-corrected chi connectivity index (χ4v) is 2.80. The summed E-state index contributed by atoms with van der Waals surface area (Å²) in [5, 5.41) is 7.94. The highest BCUT2D eigenvalue weighted by molar-refractivity contribution is 6.05. The minimum absolute atomic E-state index is 0.201. The molecule has 0 aliphatic rings. The summed E-state index contributed by atoms with van der Waals surface area (Å²) in [6, 6.07) is 21.4. The Labute approximate surface area is 184 Å². The minimum atomic E-state index is -0.481. The van der Waals surface area contributed by atoms with Crippen molar-refractivity contribution in [2.75, 3.05) is 17.2 Å². The van der Waals surface area contributed by atoms with E-state index in [-0.39, 0.29) is 18.2 Å². The molecule has 3 aromatic carbocycles. The second-order valence-corrected chi connectivity index (χ2v) is 6.75. The summed E-state index contributed by atoms with van der Waals surface area (Å²) in [4.78, 5) is 47.8. The average molecular weight is 431 g/mol. The van der Waals surface area contributed by atoms with Gasteiger partial charge in [0.1, 0.15) is 5.75 Å². The lowest BCUT2D eigenvalue weighted by molar-refractivity contribution is -0.131. The molecule has 0 saturated carbocycles. The number of carbonyl (C=O) groups is 4. The SMILES string of the molecule is CC(=O)Oc1cccc(C(=O)Nc2cccc(NC(=O)CNC(=O)c3ccccc3)c2)c1. The number of carbonyl (C=O) groups excluding carboxylic acids is 4. The second kappa shape index (κ2) is 10.5. The Bertz CT molecular complexity index is 1150. The fourth-order valence-electron chi connectivity index (χ4n) is 2.80. The third-order valence-electron chi connectivity index (χ3n) is 4.21. The number of amides is 3. The zero-order valence-electron chi connectivity index (χ0n) is 17.3. The van der Waals surface area contributed by atoms with E-state index in [2.05, 4.69) is 16.0 Å². The molecule has 8 nitrogen and oxygen atoms in total. The van der Waals surface area contributed by atoms with Crippen LogP contribution in [0.1, 0.15) is 27.6 Å². The highest BCUT2D eigenvalue weighted by Crippen LogP contribution is 2.18.